The number of carboxylic acid groups (broad SMARTS) is 1. The number of carbonyl (C=O) groups excluding carboxylic acids is 1. The van der Waals surface area contributed by atoms with E-state index in [-0.39, 0.29) is 51.1 Å². The van der Waals surface area contributed by atoms with Gasteiger partial charge in [-0.2, -0.15) is 0 Å². The van der Waals surface area contributed by atoms with E-state index in [1.54, 1.807) is 0 Å². The van der Waals surface area contributed by atoms with Gasteiger partial charge in [-0.05, 0) is 110 Å². The number of Topliss-reactive ketones (excluding diaryl/α,β-unsaturated/α-hetero) is 1. The number of aliphatic hydroxyl groups is 3. The minimum Gasteiger partial charge on any atom is -0.481 e. The third kappa shape index (κ3) is 4.32. The van der Waals surface area contributed by atoms with E-state index in [0.29, 0.717) is 12.3 Å². The van der Waals surface area contributed by atoms with Crippen molar-refractivity contribution in [1.29, 1.82) is 0 Å². The number of ether oxygens (including phenoxy) is 1. The predicted molar refractivity (Wildman–Crippen MR) is 163 cm³/mol. The Balaban J connectivity index is 1.29. The minimum atomic E-state index is -1.63. The van der Waals surface area contributed by atoms with E-state index >= 15 is 0 Å². The molecule has 0 aromatic heterocycles. The molecule has 5 fully saturated rings. The van der Waals surface area contributed by atoms with Gasteiger partial charge in [-0.25, -0.2) is 4.39 Å². The predicted octanol–water partition coefficient (Wildman–Crippen LogP) is 5.49. The van der Waals surface area contributed by atoms with Gasteiger partial charge in [-0.15, -0.1) is 0 Å². The molecule has 6 unspecified atom stereocenters. The molecule has 0 aromatic carbocycles. The zero-order valence-electron chi connectivity index (χ0n) is 27.5. The number of carboxylic acids is 1. The molecule has 6 rings (SSSR count). The molecule has 1 aliphatic heterocycles. The first-order valence-corrected chi connectivity index (χ1v) is 17.2. The molecule has 0 aromatic rings. The Morgan fingerprint density at radius 1 is 0.932 bits per heavy atom. The molecule has 7 nitrogen and oxygen atoms in total. The topological polar surface area (TPSA) is 124 Å². The van der Waals surface area contributed by atoms with Crippen LogP contribution in [0.1, 0.15) is 106 Å². The number of aliphatic hydroxyl groups excluding tert-OH is 3. The molecule has 5 aliphatic carbocycles. The molecule has 0 spiro atoms. The van der Waals surface area contributed by atoms with Gasteiger partial charge >= 0.3 is 5.97 Å². The maximum absolute atomic E-state index is 13.9. The van der Waals surface area contributed by atoms with Crippen LogP contribution in [-0.4, -0.2) is 69.4 Å². The number of ketones is 1. The summed E-state index contributed by atoms with van der Waals surface area (Å²) in [7, 11) is 0. The fourth-order valence-corrected chi connectivity index (χ4v) is 12.2. The number of carbonyl (C=O) groups is 2. The molecule has 4 N–H and O–H groups in total. The number of rotatable bonds is 4. The number of hydrogen-bond acceptors (Lipinski definition) is 6. The highest BCUT2D eigenvalue weighted by Gasteiger charge is 2.68. The molecule has 44 heavy (non-hydrogen) atoms. The van der Waals surface area contributed by atoms with Gasteiger partial charge in [0.25, 0.3) is 0 Å². The fourth-order valence-electron chi connectivity index (χ4n) is 12.2. The SMILES string of the molecule is C[C@@H]1C2CC[C@]3(C)C(CC=C4C5CC(C)(C)CC[C@]5(C(=O)O)CC[C@]43C)[C@@]2(C)CC[C@H]1C(=O)[C@@H]1OC(CF)[C@@H](O)C(O)C1O. The van der Waals surface area contributed by atoms with Gasteiger partial charge in [0, 0.05) is 5.92 Å². The van der Waals surface area contributed by atoms with Gasteiger partial charge in [0.1, 0.15) is 37.2 Å². The third-order valence-corrected chi connectivity index (χ3v) is 15.2. The Bertz CT molecular complexity index is 1210. The van der Waals surface area contributed by atoms with Gasteiger partial charge < -0.3 is 25.2 Å². The molecule has 4 saturated carbocycles. The average molecular weight is 619 g/mol. The van der Waals surface area contributed by atoms with E-state index < -0.39 is 48.6 Å². The molecule has 6 aliphatic rings. The second-order valence-electron chi connectivity index (χ2n) is 17.4. The van der Waals surface area contributed by atoms with Crippen LogP contribution in [0, 0.1) is 56.7 Å². The van der Waals surface area contributed by atoms with Crippen molar-refractivity contribution in [3.05, 3.63) is 11.6 Å². The van der Waals surface area contributed by atoms with E-state index in [0.717, 1.165) is 57.8 Å². The van der Waals surface area contributed by atoms with Crippen molar-refractivity contribution < 1.29 is 39.1 Å². The Morgan fingerprint density at radius 2 is 1.61 bits per heavy atom. The molecule has 0 bridgehead atoms. The van der Waals surface area contributed by atoms with Crippen LogP contribution in [0.4, 0.5) is 4.39 Å². The summed E-state index contributed by atoms with van der Waals surface area (Å²) in [5.41, 5.74) is 0.804. The monoisotopic (exact) mass is 618 g/mol. The number of aliphatic carboxylic acids is 1. The zero-order valence-corrected chi connectivity index (χ0v) is 27.5. The Morgan fingerprint density at radius 3 is 2.27 bits per heavy atom. The second kappa shape index (κ2) is 10.6. The van der Waals surface area contributed by atoms with Crippen molar-refractivity contribution in [3.63, 3.8) is 0 Å². The first-order chi connectivity index (χ1) is 20.5. The largest absolute Gasteiger partial charge is 0.481 e. The molecular formula is C36H55FO7. The lowest BCUT2D eigenvalue weighted by molar-refractivity contribution is -0.226. The Hall–Kier alpha value is -1.35. The van der Waals surface area contributed by atoms with Crippen LogP contribution in [0.15, 0.2) is 11.6 Å². The maximum atomic E-state index is 13.9. The van der Waals surface area contributed by atoms with E-state index in [1.807, 2.05) is 0 Å². The van der Waals surface area contributed by atoms with Crippen LogP contribution >= 0.6 is 0 Å². The van der Waals surface area contributed by atoms with E-state index in [1.165, 1.54) is 5.57 Å². The molecule has 0 amide bonds. The quantitative estimate of drug-likeness (QED) is 0.307. The summed E-state index contributed by atoms with van der Waals surface area (Å²) in [5, 5.41) is 41.7. The Kier molecular flexibility index (Phi) is 7.84. The van der Waals surface area contributed by atoms with E-state index in [2.05, 4.69) is 47.6 Å². The Labute approximate surface area is 262 Å². The minimum absolute atomic E-state index is 0.00930. The first-order valence-electron chi connectivity index (χ1n) is 17.2. The fraction of sp³-hybridized carbons (Fsp3) is 0.889. The van der Waals surface area contributed by atoms with Crippen LogP contribution in [0.3, 0.4) is 0 Å². The molecule has 8 heteroatoms. The van der Waals surface area contributed by atoms with Crippen molar-refractivity contribution in [3.8, 4) is 0 Å². The highest BCUT2D eigenvalue weighted by molar-refractivity contribution is 5.86. The summed E-state index contributed by atoms with van der Waals surface area (Å²) in [6.07, 6.45) is 3.64. The molecule has 1 heterocycles. The highest BCUT2D eigenvalue weighted by atomic mass is 19.1. The average Bonchev–Trinajstić information content (AvgIpc) is 2.96. The van der Waals surface area contributed by atoms with Gasteiger partial charge in [-0.1, -0.05) is 53.2 Å². The van der Waals surface area contributed by atoms with Crippen LogP contribution in [-0.2, 0) is 14.3 Å². The summed E-state index contributed by atoms with van der Waals surface area (Å²) >= 11 is 0. The summed E-state index contributed by atoms with van der Waals surface area (Å²) in [5.74, 6) is -0.503. The molecule has 0 radical (unpaired) electrons. The lowest BCUT2D eigenvalue weighted by atomic mass is 9.34. The highest BCUT2D eigenvalue weighted by Crippen LogP contribution is 2.75. The van der Waals surface area contributed by atoms with Crippen LogP contribution in [0.2, 0.25) is 0 Å². The van der Waals surface area contributed by atoms with Gasteiger partial charge in [-0.3, -0.25) is 9.59 Å². The van der Waals surface area contributed by atoms with Crippen molar-refractivity contribution in [1.82, 2.24) is 0 Å². The third-order valence-electron chi connectivity index (χ3n) is 15.2. The molecule has 248 valence electrons. The van der Waals surface area contributed by atoms with Crippen LogP contribution in [0.5, 0.6) is 0 Å². The summed E-state index contributed by atoms with van der Waals surface area (Å²) < 4.78 is 19.1. The zero-order chi connectivity index (χ0) is 32.2. The second-order valence-corrected chi connectivity index (χ2v) is 17.4. The molecule has 1 saturated heterocycles. The van der Waals surface area contributed by atoms with E-state index in [9.17, 15) is 34.4 Å². The maximum Gasteiger partial charge on any atom is 0.310 e. The molecule has 14 atom stereocenters. The van der Waals surface area contributed by atoms with Crippen molar-refractivity contribution in [2.24, 2.45) is 56.7 Å². The van der Waals surface area contributed by atoms with Gasteiger partial charge in [0.15, 0.2) is 5.78 Å². The van der Waals surface area contributed by atoms with Crippen molar-refractivity contribution in [2.75, 3.05) is 6.67 Å². The van der Waals surface area contributed by atoms with Crippen LogP contribution in [0.25, 0.3) is 0 Å². The lowest BCUT2D eigenvalue weighted by Crippen LogP contribution is -2.64. The summed E-state index contributed by atoms with van der Waals surface area (Å²) in [6, 6.07) is 0. The normalized spacial score (nSPS) is 53.3. The van der Waals surface area contributed by atoms with Gasteiger partial charge in [0.05, 0.1) is 5.41 Å². The summed E-state index contributed by atoms with van der Waals surface area (Å²) in [6.45, 7) is 13.0. The van der Waals surface area contributed by atoms with Crippen molar-refractivity contribution in [2.45, 2.75) is 136 Å². The number of allylic oxidation sites excluding steroid dienone is 2. The summed E-state index contributed by atoms with van der Waals surface area (Å²) in [4.78, 5) is 26.8. The van der Waals surface area contributed by atoms with Crippen molar-refractivity contribution >= 4 is 11.8 Å². The number of hydrogen-bond donors (Lipinski definition) is 4. The smallest absolute Gasteiger partial charge is 0.310 e. The van der Waals surface area contributed by atoms with Crippen LogP contribution < -0.4 is 0 Å². The van der Waals surface area contributed by atoms with E-state index in [4.69, 9.17) is 4.74 Å². The lowest BCUT2D eigenvalue weighted by Gasteiger charge is -2.70. The number of fused-ring (bicyclic) bond motifs is 7. The van der Waals surface area contributed by atoms with Gasteiger partial charge in [0.2, 0.25) is 0 Å². The molecular weight excluding hydrogens is 563 g/mol. The standard InChI is InChI=1S/C36H55FO7/c1-19-20(26(38)30-29(41)28(40)27(39)24(18-37)44-30)9-11-33(4)21(19)10-12-35(6)25(33)8-7-22-23-17-32(2,3)13-15-36(23,31(42)43)16-14-34(22,35)5/h7,19-21,23-25,27-30,39-41H,8-18H2,1-6H3,(H,42,43)/t19-,20+,21?,23?,24?,25?,27+,28?,29?,30-,33-,34+,35+,36-/m0/s1. The number of alkyl halides is 1. The first kappa shape index (κ1) is 32.6. The number of halogens is 1.